The number of fused-ring (bicyclic) bond motifs is 1. The number of aliphatic imine (C=N–C) groups is 1. The van der Waals surface area contributed by atoms with Gasteiger partial charge in [0.15, 0.2) is 17.5 Å². The first-order chi connectivity index (χ1) is 12.3. The molecule has 2 heterocycles. The Balaban J connectivity index is 0.00000243. The lowest BCUT2D eigenvalue weighted by molar-refractivity contribution is 0.174. The molecular weight excluding hydrogens is 443 g/mol. The normalized spacial score (nSPS) is 17.7. The number of hydrogen-bond acceptors (Lipinski definition) is 4. The molecular formula is C19H31IN4O2. The maximum Gasteiger partial charge on any atom is 0.231 e. The number of piperidine rings is 1. The zero-order valence-corrected chi connectivity index (χ0v) is 18.1. The van der Waals surface area contributed by atoms with Gasteiger partial charge in [-0.3, -0.25) is 0 Å². The van der Waals surface area contributed by atoms with Crippen LogP contribution < -0.4 is 20.1 Å². The molecule has 0 unspecified atom stereocenters. The summed E-state index contributed by atoms with van der Waals surface area (Å²) in [5.41, 5.74) is 1.12. The standard InChI is InChI=1S/C19H30N4O2.HI/c1-3-9-23-10-7-16(8-11-23)22-19(20-4-2)21-13-15-5-6-17-18(12-15)25-14-24-17;/h5-6,12,16H,3-4,7-11,13-14H2,1-2H3,(H2,20,21,22);1H. The summed E-state index contributed by atoms with van der Waals surface area (Å²) in [6.45, 7) is 9.70. The van der Waals surface area contributed by atoms with E-state index in [1.54, 1.807) is 0 Å². The molecule has 2 aliphatic rings. The van der Waals surface area contributed by atoms with Crippen molar-refractivity contribution in [1.82, 2.24) is 15.5 Å². The van der Waals surface area contributed by atoms with Crippen LogP contribution in [0.4, 0.5) is 0 Å². The second kappa shape index (κ2) is 10.8. The molecule has 146 valence electrons. The molecule has 1 fully saturated rings. The van der Waals surface area contributed by atoms with E-state index in [0.29, 0.717) is 19.4 Å². The number of benzene rings is 1. The number of rotatable bonds is 6. The maximum absolute atomic E-state index is 5.44. The van der Waals surface area contributed by atoms with E-state index >= 15 is 0 Å². The summed E-state index contributed by atoms with van der Waals surface area (Å²) in [5.74, 6) is 2.53. The Morgan fingerprint density at radius 2 is 1.96 bits per heavy atom. The highest BCUT2D eigenvalue weighted by molar-refractivity contribution is 14.0. The van der Waals surface area contributed by atoms with Crippen LogP contribution in [0.25, 0.3) is 0 Å². The van der Waals surface area contributed by atoms with Crippen molar-refractivity contribution in [1.29, 1.82) is 0 Å². The molecule has 2 N–H and O–H groups in total. The van der Waals surface area contributed by atoms with Crippen LogP contribution in [-0.4, -0.2) is 49.9 Å². The number of halogens is 1. The largest absolute Gasteiger partial charge is 0.454 e. The highest BCUT2D eigenvalue weighted by Crippen LogP contribution is 2.32. The zero-order valence-electron chi connectivity index (χ0n) is 15.8. The first-order valence-corrected chi connectivity index (χ1v) is 9.44. The third-order valence-electron chi connectivity index (χ3n) is 4.67. The van der Waals surface area contributed by atoms with Crippen molar-refractivity contribution in [3.05, 3.63) is 23.8 Å². The Morgan fingerprint density at radius 1 is 1.19 bits per heavy atom. The van der Waals surface area contributed by atoms with E-state index in [9.17, 15) is 0 Å². The van der Waals surface area contributed by atoms with Gasteiger partial charge in [-0.2, -0.15) is 0 Å². The molecule has 0 saturated carbocycles. The molecule has 26 heavy (non-hydrogen) atoms. The fraction of sp³-hybridized carbons (Fsp3) is 0.632. The van der Waals surface area contributed by atoms with Crippen molar-refractivity contribution in [2.75, 3.05) is 33.0 Å². The molecule has 1 aromatic carbocycles. The average Bonchev–Trinajstić information content (AvgIpc) is 3.09. The minimum absolute atomic E-state index is 0. The lowest BCUT2D eigenvalue weighted by atomic mass is 10.1. The van der Waals surface area contributed by atoms with Crippen molar-refractivity contribution in [2.24, 2.45) is 4.99 Å². The van der Waals surface area contributed by atoms with E-state index in [0.717, 1.165) is 29.6 Å². The molecule has 0 aliphatic carbocycles. The highest BCUT2D eigenvalue weighted by atomic mass is 127. The van der Waals surface area contributed by atoms with Crippen molar-refractivity contribution >= 4 is 29.9 Å². The molecule has 0 spiro atoms. The van der Waals surface area contributed by atoms with Gasteiger partial charge >= 0.3 is 0 Å². The summed E-state index contributed by atoms with van der Waals surface area (Å²) in [4.78, 5) is 7.29. The van der Waals surface area contributed by atoms with Crippen molar-refractivity contribution in [2.45, 2.75) is 45.7 Å². The van der Waals surface area contributed by atoms with Gasteiger partial charge in [-0.05, 0) is 50.4 Å². The van der Waals surface area contributed by atoms with Crippen LogP contribution in [0.5, 0.6) is 11.5 Å². The smallest absolute Gasteiger partial charge is 0.231 e. The van der Waals surface area contributed by atoms with Crippen LogP contribution in [0.2, 0.25) is 0 Å². The van der Waals surface area contributed by atoms with Gasteiger partial charge in [-0.25, -0.2) is 4.99 Å². The van der Waals surface area contributed by atoms with Crippen LogP contribution in [0.3, 0.4) is 0 Å². The van der Waals surface area contributed by atoms with Gasteiger partial charge in [0, 0.05) is 25.7 Å². The minimum Gasteiger partial charge on any atom is -0.454 e. The van der Waals surface area contributed by atoms with Gasteiger partial charge in [0.1, 0.15) is 0 Å². The fourth-order valence-electron chi connectivity index (χ4n) is 3.34. The Bertz CT molecular complexity index is 589. The number of nitrogens with zero attached hydrogens (tertiary/aromatic N) is 2. The highest BCUT2D eigenvalue weighted by Gasteiger charge is 2.19. The second-order valence-electron chi connectivity index (χ2n) is 6.64. The van der Waals surface area contributed by atoms with Gasteiger partial charge < -0.3 is 25.0 Å². The SMILES string of the molecule is CCCN1CCC(NC(=NCc2ccc3c(c2)OCO3)NCC)CC1.I. The fourth-order valence-corrected chi connectivity index (χ4v) is 3.34. The monoisotopic (exact) mass is 474 g/mol. The molecule has 0 radical (unpaired) electrons. The predicted octanol–water partition coefficient (Wildman–Crippen LogP) is 2.96. The van der Waals surface area contributed by atoms with E-state index < -0.39 is 0 Å². The number of likely N-dealkylation sites (tertiary alicyclic amines) is 1. The maximum atomic E-state index is 5.44. The summed E-state index contributed by atoms with van der Waals surface area (Å²) < 4.78 is 10.8. The third-order valence-corrected chi connectivity index (χ3v) is 4.67. The number of ether oxygens (including phenoxy) is 2. The number of guanidine groups is 1. The van der Waals surface area contributed by atoms with Gasteiger partial charge in [0.25, 0.3) is 0 Å². The lowest BCUT2D eigenvalue weighted by Crippen LogP contribution is -2.48. The Labute approximate surface area is 173 Å². The summed E-state index contributed by atoms with van der Waals surface area (Å²) >= 11 is 0. The molecule has 1 saturated heterocycles. The molecule has 0 bridgehead atoms. The first-order valence-electron chi connectivity index (χ1n) is 9.44. The van der Waals surface area contributed by atoms with Crippen molar-refractivity contribution in [3.63, 3.8) is 0 Å². The summed E-state index contributed by atoms with van der Waals surface area (Å²) in [7, 11) is 0. The molecule has 2 aliphatic heterocycles. The number of hydrogen-bond donors (Lipinski definition) is 2. The summed E-state index contributed by atoms with van der Waals surface area (Å²) in [5, 5.41) is 6.96. The molecule has 7 heteroatoms. The molecule has 3 rings (SSSR count). The molecule has 0 aromatic heterocycles. The van der Waals surface area contributed by atoms with Crippen LogP contribution in [0.15, 0.2) is 23.2 Å². The zero-order chi connectivity index (χ0) is 17.5. The van der Waals surface area contributed by atoms with Crippen LogP contribution in [-0.2, 0) is 6.54 Å². The Morgan fingerprint density at radius 3 is 2.69 bits per heavy atom. The van der Waals surface area contributed by atoms with Gasteiger partial charge in [0.2, 0.25) is 6.79 Å². The first kappa shape index (κ1) is 21.1. The lowest BCUT2D eigenvalue weighted by Gasteiger charge is -2.32. The molecule has 1 aromatic rings. The van der Waals surface area contributed by atoms with Crippen molar-refractivity contribution < 1.29 is 9.47 Å². The van der Waals surface area contributed by atoms with E-state index in [1.807, 2.05) is 18.2 Å². The third kappa shape index (κ3) is 5.90. The van der Waals surface area contributed by atoms with E-state index in [1.165, 1.54) is 38.9 Å². The summed E-state index contributed by atoms with van der Waals surface area (Å²) in [6.07, 6.45) is 3.58. The predicted molar refractivity (Wildman–Crippen MR) is 116 cm³/mol. The van der Waals surface area contributed by atoms with E-state index in [2.05, 4.69) is 29.4 Å². The minimum atomic E-state index is 0. The molecule has 0 amide bonds. The van der Waals surface area contributed by atoms with E-state index in [-0.39, 0.29) is 24.0 Å². The summed E-state index contributed by atoms with van der Waals surface area (Å²) in [6, 6.07) is 6.52. The van der Waals surface area contributed by atoms with E-state index in [4.69, 9.17) is 14.5 Å². The second-order valence-corrected chi connectivity index (χ2v) is 6.64. The Hall–Kier alpha value is -1.22. The quantitative estimate of drug-likeness (QED) is 0.377. The van der Waals surface area contributed by atoms with Gasteiger partial charge in [-0.1, -0.05) is 13.0 Å². The van der Waals surface area contributed by atoms with Crippen molar-refractivity contribution in [3.8, 4) is 11.5 Å². The van der Waals surface area contributed by atoms with Crippen LogP contribution in [0.1, 0.15) is 38.7 Å². The topological polar surface area (TPSA) is 58.1 Å². The van der Waals surface area contributed by atoms with Gasteiger partial charge in [0.05, 0.1) is 6.54 Å². The number of nitrogens with one attached hydrogen (secondary N) is 2. The van der Waals surface area contributed by atoms with Crippen LogP contribution in [0, 0.1) is 0 Å². The molecule has 0 atom stereocenters. The average molecular weight is 474 g/mol. The van der Waals surface area contributed by atoms with Gasteiger partial charge in [-0.15, -0.1) is 24.0 Å². The molecule has 6 nitrogen and oxygen atoms in total. The van der Waals surface area contributed by atoms with Crippen LogP contribution >= 0.6 is 24.0 Å². The Kier molecular flexibility index (Phi) is 8.77.